The standard InChI is InChI=1S/C16H20N2O2S/c17-15-14(16(19)18-10-11-6-5-9-20-11)12-7-3-1-2-4-8-13(12)21-15/h5-6,9H,1-4,7-8,10,17H2,(H,18,19). The van der Waals surface area contributed by atoms with E-state index in [1.807, 2.05) is 12.1 Å². The van der Waals surface area contributed by atoms with Crippen molar-refractivity contribution in [2.45, 2.75) is 45.1 Å². The zero-order chi connectivity index (χ0) is 14.7. The first kappa shape index (κ1) is 14.2. The van der Waals surface area contributed by atoms with Crippen LogP contribution in [0.2, 0.25) is 0 Å². The molecule has 0 unspecified atom stereocenters. The SMILES string of the molecule is Nc1sc2c(c1C(=O)NCc1ccco1)CCCCCC2. The summed E-state index contributed by atoms with van der Waals surface area (Å²) in [6.45, 7) is 0.399. The van der Waals surface area contributed by atoms with E-state index in [1.165, 1.54) is 29.7 Å². The van der Waals surface area contributed by atoms with Crippen LogP contribution in [0.15, 0.2) is 22.8 Å². The van der Waals surface area contributed by atoms with Crippen molar-refractivity contribution in [1.29, 1.82) is 0 Å². The number of thiophene rings is 1. The van der Waals surface area contributed by atoms with Gasteiger partial charge in [-0.2, -0.15) is 0 Å². The average molecular weight is 304 g/mol. The molecule has 0 radical (unpaired) electrons. The Labute approximate surface area is 128 Å². The maximum Gasteiger partial charge on any atom is 0.254 e. The highest BCUT2D eigenvalue weighted by Gasteiger charge is 2.22. The Morgan fingerprint density at radius 3 is 2.86 bits per heavy atom. The number of hydrogen-bond acceptors (Lipinski definition) is 4. The molecule has 0 spiro atoms. The van der Waals surface area contributed by atoms with Crippen LogP contribution in [0.5, 0.6) is 0 Å². The van der Waals surface area contributed by atoms with Crippen LogP contribution in [0.4, 0.5) is 5.00 Å². The fraction of sp³-hybridized carbons (Fsp3) is 0.438. The Morgan fingerprint density at radius 1 is 1.29 bits per heavy atom. The highest BCUT2D eigenvalue weighted by atomic mass is 32.1. The van der Waals surface area contributed by atoms with E-state index >= 15 is 0 Å². The maximum absolute atomic E-state index is 12.5. The van der Waals surface area contributed by atoms with Crippen molar-refractivity contribution in [3.05, 3.63) is 40.2 Å². The molecule has 0 fully saturated rings. The molecule has 1 aliphatic rings. The summed E-state index contributed by atoms with van der Waals surface area (Å²) in [4.78, 5) is 13.8. The number of nitrogens with one attached hydrogen (secondary N) is 1. The number of furan rings is 1. The molecule has 1 aliphatic carbocycles. The third-order valence-electron chi connectivity index (χ3n) is 3.93. The van der Waals surface area contributed by atoms with Gasteiger partial charge in [-0.05, 0) is 43.4 Å². The van der Waals surface area contributed by atoms with Crippen molar-refractivity contribution in [1.82, 2.24) is 5.32 Å². The summed E-state index contributed by atoms with van der Waals surface area (Å²) in [5.74, 6) is 0.669. The van der Waals surface area contributed by atoms with Crippen LogP contribution < -0.4 is 11.1 Å². The van der Waals surface area contributed by atoms with Gasteiger partial charge in [-0.25, -0.2) is 0 Å². The Morgan fingerprint density at radius 2 is 2.10 bits per heavy atom. The van der Waals surface area contributed by atoms with Crippen molar-refractivity contribution in [3.63, 3.8) is 0 Å². The van der Waals surface area contributed by atoms with E-state index in [0.29, 0.717) is 17.1 Å². The van der Waals surface area contributed by atoms with E-state index in [9.17, 15) is 4.79 Å². The van der Waals surface area contributed by atoms with Crippen LogP contribution in [0, 0.1) is 0 Å². The predicted octanol–water partition coefficient (Wildman–Crippen LogP) is 3.51. The lowest BCUT2D eigenvalue weighted by molar-refractivity contribution is 0.0948. The van der Waals surface area contributed by atoms with Gasteiger partial charge in [-0.3, -0.25) is 4.79 Å². The minimum Gasteiger partial charge on any atom is -0.467 e. The number of aryl methyl sites for hydroxylation is 1. The molecule has 0 bridgehead atoms. The van der Waals surface area contributed by atoms with Crippen molar-refractivity contribution < 1.29 is 9.21 Å². The molecule has 2 heterocycles. The fourth-order valence-corrected chi connectivity index (χ4v) is 4.02. The number of nitrogens with two attached hydrogens (primary N) is 1. The zero-order valence-corrected chi connectivity index (χ0v) is 12.8. The first-order valence-corrected chi connectivity index (χ1v) is 8.28. The molecular weight excluding hydrogens is 284 g/mol. The van der Waals surface area contributed by atoms with E-state index < -0.39 is 0 Å². The molecule has 2 aromatic rings. The Hall–Kier alpha value is -1.75. The van der Waals surface area contributed by atoms with Gasteiger partial charge in [0.15, 0.2) is 0 Å². The van der Waals surface area contributed by atoms with Gasteiger partial charge in [-0.1, -0.05) is 12.8 Å². The molecule has 5 heteroatoms. The van der Waals surface area contributed by atoms with E-state index in [-0.39, 0.29) is 5.91 Å². The molecule has 3 N–H and O–H groups in total. The molecule has 2 aromatic heterocycles. The number of hydrogen-bond donors (Lipinski definition) is 2. The number of amides is 1. The van der Waals surface area contributed by atoms with Crippen LogP contribution >= 0.6 is 11.3 Å². The monoisotopic (exact) mass is 304 g/mol. The summed E-state index contributed by atoms with van der Waals surface area (Å²) in [5.41, 5.74) is 7.98. The average Bonchev–Trinajstić information content (AvgIpc) is 3.05. The van der Waals surface area contributed by atoms with Gasteiger partial charge in [0, 0.05) is 4.88 Å². The molecule has 0 aromatic carbocycles. The topological polar surface area (TPSA) is 68.3 Å². The number of carbonyl (C=O) groups is 1. The minimum atomic E-state index is -0.0815. The normalized spacial score (nSPS) is 15.0. The molecule has 0 saturated heterocycles. The fourth-order valence-electron chi connectivity index (χ4n) is 2.86. The van der Waals surface area contributed by atoms with Crippen LogP contribution in [0.3, 0.4) is 0 Å². The van der Waals surface area contributed by atoms with Crippen molar-refractivity contribution in [2.24, 2.45) is 0 Å². The highest BCUT2D eigenvalue weighted by molar-refractivity contribution is 7.16. The second-order valence-corrected chi connectivity index (χ2v) is 6.56. The van der Waals surface area contributed by atoms with Gasteiger partial charge in [-0.15, -0.1) is 11.3 Å². The minimum absolute atomic E-state index is 0.0815. The maximum atomic E-state index is 12.5. The first-order valence-electron chi connectivity index (χ1n) is 7.46. The molecule has 0 atom stereocenters. The smallest absolute Gasteiger partial charge is 0.254 e. The summed E-state index contributed by atoms with van der Waals surface area (Å²) in [7, 11) is 0. The van der Waals surface area contributed by atoms with Gasteiger partial charge in [0.25, 0.3) is 5.91 Å². The lowest BCUT2D eigenvalue weighted by atomic mass is 9.96. The van der Waals surface area contributed by atoms with Gasteiger partial charge >= 0.3 is 0 Å². The summed E-state index contributed by atoms with van der Waals surface area (Å²) in [5, 5.41) is 3.56. The van der Waals surface area contributed by atoms with Crippen molar-refractivity contribution >= 4 is 22.2 Å². The molecular formula is C16H20N2O2S. The lowest BCUT2D eigenvalue weighted by Gasteiger charge is -2.11. The largest absolute Gasteiger partial charge is 0.467 e. The third-order valence-corrected chi connectivity index (χ3v) is 5.05. The van der Waals surface area contributed by atoms with Crippen LogP contribution in [0.25, 0.3) is 0 Å². The Kier molecular flexibility index (Phi) is 4.29. The number of carbonyl (C=O) groups excluding carboxylic acids is 1. The summed E-state index contributed by atoms with van der Waals surface area (Å²) < 4.78 is 5.24. The molecule has 0 saturated carbocycles. The number of anilines is 1. The van der Waals surface area contributed by atoms with Crippen molar-refractivity contribution in [2.75, 3.05) is 5.73 Å². The third kappa shape index (κ3) is 3.13. The second-order valence-electron chi connectivity index (χ2n) is 5.42. The van der Waals surface area contributed by atoms with Gasteiger partial charge in [0.1, 0.15) is 5.76 Å². The van der Waals surface area contributed by atoms with Crippen LogP contribution in [-0.4, -0.2) is 5.91 Å². The number of fused-ring (bicyclic) bond motifs is 1. The summed E-state index contributed by atoms with van der Waals surface area (Å²) in [6, 6.07) is 3.66. The summed E-state index contributed by atoms with van der Waals surface area (Å²) in [6.07, 6.45) is 8.47. The van der Waals surface area contributed by atoms with E-state index in [2.05, 4.69) is 5.32 Å². The predicted molar refractivity (Wildman–Crippen MR) is 84.5 cm³/mol. The highest BCUT2D eigenvalue weighted by Crippen LogP contribution is 2.35. The van der Waals surface area contributed by atoms with E-state index in [0.717, 1.165) is 25.0 Å². The van der Waals surface area contributed by atoms with Gasteiger partial charge < -0.3 is 15.5 Å². The second kappa shape index (κ2) is 6.35. The number of nitrogen functional groups attached to an aromatic ring is 1. The Balaban J connectivity index is 1.78. The molecule has 3 rings (SSSR count). The summed E-state index contributed by atoms with van der Waals surface area (Å²) >= 11 is 1.58. The van der Waals surface area contributed by atoms with Crippen LogP contribution in [0.1, 0.15) is 52.2 Å². The van der Waals surface area contributed by atoms with E-state index in [4.69, 9.17) is 10.2 Å². The van der Waals surface area contributed by atoms with Gasteiger partial charge in [0.05, 0.1) is 23.4 Å². The van der Waals surface area contributed by atoms with Crippen molar-refractivity contribution in [3.8, 4) is 0 Å². The molecule has 4 nitrogen and oxygen atoms in total. The molecule has 1 amide bonds. The zero-order valence-electron chi connectivity index (χ0n) is 12.0. The van der Waals surface area contributed by atoms with Gasteiger partial charge in [0.2, 0.25) is 0 Å². The van der Waals surface area contributed by atoms with Crippen LogP contribution in [-0.2, 0) is 19.4 Å². The quantitative estimate of drug-likeness (QED) is 0.911. The van der Waals surface area contributed by atoms with E-state index in [1.54, 1.807) is 17.6 Å². The molecule has 0 aliphatic heterocycles. The number of rotatable bonds is 3. The Bertz CT molecular complexity index is 617. The first-order chi connectivity index (χ1) is 10.3. The molecule has 112 valence electrons. The molecule has 21 heavy (non-hydrogen) atoms. The lowest BCUT2D eigenvalue weighted by Crippen LogP contribution is -2.24.